The van der Waals surface area contributed by atoms with E-state index >= 15 is 0 Å². The van der Waals surface area contributed by atoms with Gasteiger partial charge in [0.25, 0.3) is 0 Å². The SMILES string of the molecule is CNC1c2cc(OC)ccc2CC1OC(C)COC. The molecule has 0 radical (unpaired) electrons. The van der Waals surface area contributed by atoms with E-state index in [9.17, 15) is 0 Å². The molecule has 0 bridgehead atoms. The summed E-state index contributed by atoms with van der Waals surface area (Å²) in [6, 6.07) is 6.44. The van der Waals surface area contributed by atoms with E-state index in [0.717, 1.165) is 12.2 Å². The molecule has 1 aliphatic rings. The number of benzene rings is 1. The van der Waals surface area contributed by atoms with Crippen molar-refractivity contribution in [1.82, 2.24) is 5.32 Å². The van der Waals surface area contributed by atoms with Gasteiger partial charge in [-0.1, -0.05) is 6.07 Å². The van der Waals surface area contributed by atoms with Gasteiger partial charge in [0, 0.05) is 13.5 Å². The molecule has 0 fully saturated rings. The van der Waals surface area contributed by atoms with E-state index in [4.69, 9.17) is 14.2 Å². The minimum absolute atomic E-state index is 0.0991. The molecule has 2 rings (SSSR count). The van der Waals surface area contributed by atoms with Crippen LogP contribution in [0.2, 0.25) is 0 Å². The third-order valence-corrected chi connectivity index (χ3v) is 3.60. The van der Waals surface area contributed by atoms with Gasteiger partial charge < -0.3 is 19.5 Å². The van der Waals surface area contributed by atoms with E-state index in [2.05, 4.69) is 17.4 Å². The average Bonchev–Trinajstić information content (AvgIpc) is 2.74. The van der Waals surface area contributed by atoms with Crippen molar-refractivity contribution in [1.29, 1.82) is 0 Å². The quantitative estimate of drug-likeness (QED) is 0.853. The molecular weight excluding hydrogens is 242 g/mol. The van der Waals surface area contributed by atoms with Crippen LogP contribution >= 0.6 is 0 Å². The van der Waals surface area contributed by atoms with Crippen LogP contribution < -0.4 is 10.1 Å². The second-order valence-electron chi connectivity index (χ2n) is 4.98. The van der Waals surface area contributed by atoms with Gasteiger partial charge in [0.2, 0.25) is 0 Å². The third kappa shape index (κ3) is 3.08. The fourth-order valence-corrected chi connectivity index (χ4v) is 2.75. The van der Waals surface area contributed by atoms with E-state index in [-0.39, 0.29) is 18.2 Å². The fourth-order valence-electron chi connectivity index (χ4n) is 2.75. The van der Waals surface area contributed by atoms with Crippen LogP contribution in [0.3, 0.4) is 0 Å². The summed E-state index contributed by atoms with van der Waals surface area (Å²) in [6.45, 7) is 2.66. The van der Waals surface area contributed by atoms with Crippen molar-refractivity contribution in [3.63, 3.8) is 0 Å². The minimum atomic E-state index is 0.0991. The van der Waals surface area contributed by atoms with Crippen LogP contribution in [0.15, 0.2) is 18.2 Å². The number of hydrogen-bond donors (Lipinski definition) is 1. The molecule has 1 aromatic carbocycles. The molecule has 1 aromatic rings. The number of nitrogens with one attached hydrogen (secondary N) is 1. The monoisotopic (exact) mass is 265 g/mol. The summed E-state index contributed by atoms with van der Waals surface area (Å²) < 4.78 is 16.5. The van der Waals surface area contributed by atoms with Crippen LogP contribution in [0, 0.1) is 0 Å². The van der Waals surface area contributed by atoms with Gasteiger partial charge in [-0.15, -0.1) is 0 Å². The van der Waals surface area contributed by atoms with E-state index < -0.39 is 0 Å². The molecule has 19 heavy (non-hydrogen) atoms. The number of hydrogen-bond acceptors (Lipinski definition) is 4. The zero-order valence-corrected chi connectivity index (χ0v) is 12.1. The Labute approximate surface area is 115 Å². The molecule has 0 aromatic heterocycles. The molecule has 4 heteroatoms. The lowest BCUT2D eigenvalue weighted by Gasteiger charge is -2.24. The number of ether oxygens (including phenoxy) is 3. The molecule has 1 N–H and O–H groups in total. The highest BCUT2D eigenvalue weighted by Crippen LogP contribution is 2.35. The van der Waals surface area contributed by atoms with Crippen LogP contribution in [0.4, 0.5) is 0 Å². The van der Waals surface area contributed by atoms with Crippen LogP contribution in [-0.2, 0) is 15.9 Å². The van der Waals surface area contributed by atoms with Crippen molar-refractivity contribution in [2.75, 3.05) is 27.9 Å². The first-order valence-electron chi connectivity index (χ1n) is 6.68. The van der Waals surface area contributed by atoms with E-state index in [1.54, 1.807) is 14.2 Å². The van der Waals surface area contributed by atoms with Crippen LogP contribution in [0.1, 0.15) is 24.1 Å². The molecule has 0 aliphatic heterocycles. The van der Waals surface area contributed by atoms with Gasteiger partial charge in [0.05, 0.1) is 32.0 Å². The standard InChI is InChI=1S/C15H23NO3/c1-10(9-17-3)19-14-7-11-5-6-12(18-4)8-13(11)15(14)16-2/h5-6,8,10,14-16H,7,9H2,1-4H3. The molecule has 4 nitrogen and oxygen atoms in total. The second kappa shape index (κ2) is 6.37. The first-order valence-corrected chi connectivity index (χ1v) is 6.68. The van der Waals surface area contributed by atoms with E-state index in [0.29, 0.717) is 6.61 Å². The van der Waals surface area contributed by atoms with Crippen molar-refractivity contribution in [2.24, 2.45) is 0 Å². The Bertz CT molecular complexity index is 422. The Kier molecular flexibility index (Phi) is 4.80. The summed E-state index contributed by atoms with van der Waals surface area (Å²) in [5.74, 6) is 0.893. The first kappa shape index (κ1) is 14.3. The predicted molar refractivity (Wildman–Crippen MR) is 74.7 cm³/mol. The summed E-state index contributed by atoms with van der Waals surface area (Å²) in [7, 11) is 5.36. The molecule has 0 saturated carbocycles. The first-order chi connectivity index (χ1) is 9.19. The lowest BCUT2D eigenvalue weighted by Crippen LogP contribution is -2.32. The predicted octanol–water partition coefficient (Wildman–Crippen LogP) is 1.93. The topological polar surface area (TPSA) is 39.7 Å². The normalized spacial score (nSPS) is 23.2. The summed E-state index contributed by atoms with van der Waals surface area (Å²) >= 11 is 0. The van der Waals surface area contributed by atoms with Crippen LogP contribution in [0.5, 0.6) is 5.75 Å². The second-order valence-corrected chi connectivity index (χ2v) is 4.98. The summed E-state index contributed by atoms with van der Waals surface area (Å²) in [6.07, 6.45) is 1.18. The number of methoxy groups -OCH3 is 2. The van der Waals surface area contributed by atoms with Crippen molar-refractivity contribution < 1.29 is 14.2 Å². The smallest absolute Gasteiger partial charge is 0.119 e. The highest BCUT2D eigenvalue weighted by molar-refractivity contribution is 5.42. The molecule has 0 saturated heterocycles. The van der Waals surface area contributed by atoms with Crippen molar-refractivity contribution in [2.45, 2.75) is 31.6 Å². The largest absolute Gasteiger partial charge is 0.497 e. The highest BCUT2D eigenvalue weighted by atomic mass is 16.5. The van der Waals surface area contributed by atoms with Crippen molar-refractivity contribution in [3.8, 4) is 5.75 Å². The summed E-state index contributed by atoms with van der Waals surface area (Å²) in [5, 5.41) is 3.35. The zero-order chi connectivity index (χ0) is 13.8. The number of rotatable bonds is 6. The Morgan fingerprint density at radius 2 is 2.16 bits per heavy atom. The fraction of sp³-hybridized carbons (Fsp3) is 0.600. The van der Waals surface area contributed by atoms with E-state index in [1.165, 1.54) is 11.1 Å². The average molecular weight is 265 g/mol. The molecule has 106 valence electrons. The zero-order valence-electron chi connectivity index (χ0n) is 12.1. The van der Waals surface area contributed by atoms with Crippen LogP contribution in [-0.4, -0.2) is 40.1 Å². The molecule has 0 heterocycles. The highest BCUT2D eigenvalue weighted by Gasteiger charge is 2.33. The van der Waals surface area contributed by atoms with Gasteiger partial charge in [-0.05, 0) is 37.2 Å². The lowest BCUT2D eigenvalue weighted by molar-refractivity contribution is -0.0475. The van der Waals surface area contributed by atoms with E-state index in [1.807, 2.05) is 20.0 Å². The Morgan fingerprint density at radius 1 is 1.37 bits per heavy atom. The Morgan fingerprint density at radius 3 is 2.79 bits per heavy atom. The summed E-state index contributed by atoms with van der Waals surface area (Å²) in [5.41, 5.74) is 2.60. The van der Waals surface area contributed by atoms with Gasteiger partial charge >= 0.3 is 0 Å². The lowest BCUT2D eigenvalue weighted by atomic mass is 10.1. The molecule has 3 atom stereocenters. The molecule has 0 amide bonds. The molecular formula is C15H23NO3. The molecule has 1 aliphatic carbocycles. The van der Waals surface area contributed by atoms with Gasteiger partial charge in [0.15, 0.2) is 0 Å². The van der Waals surface area contributed by atoms with Crippen molar-refractivity contribution >= 4 is 0 Å². The minimum Gasteiger partial charge on any atom is -0.497 e. The van der Waals surface area contributed by atoms with Crippen LogP contribution in [0.25, 0.3) is 0 Å². The number of fused-ring (bicyclic) bond motifs is 1. The van der Waals surface area contributed by atoms with Crippen molar-refractivity contribution in [3.05, 3.63) is 29.3 Å². The maximum absolute atomic E-state index is 6.08. The number of likely N-dealkylation sites (N-methyl/N-ethyl adjacent to an activating group) is 1. The van der Waals surface area contributed by atoms with Gasteiger partial charge in [-0.25, -0.2) is 0 Å². The Balaban J connectivity index is 2.13. The molecule has 3 unspecified atom stereocenters. The van der Waals surface area contributed by atoms with Gasteiger partial charge in [-0.2, -0.15) is 0 Å². The Hall–Kier alpha value is -1.10. The molecule has 0 spiro atoms. The maximum atomic E-state index is 6.08. The third-order valence-electron chi connectivity index (χ3n) is 3.60. The van der Waals surface area contributed by atoms with Gasteiger partial charge in [0.1, 0.15) is 5.75 Å². The summed E-state index contributed by atoms with van der Waals surface area (Å²) in [4.78, 5) is 0. The maximum Gasteiger partial charge on any atom is 0.119 e. The van der Waals surface area contributed by atoms with Gasteiger partial charge in [-0.3, -0.25) is 0 Å².